The number of esters is 3. The highest BCUT2D eigenvalue weighted by molar-refractivity contribution is 5.91. The highest BCUT2D eigenvalue weighted by atomic mass is 16.7. The summed E-state index contributed by atoms with van der Waals surface area (Å²) in [6.45, 7) is 1.05. The van der Waals surface area contributed by atoms with E-state index < -0.39 is 42.0 Å². The van der Waals surface area contributed by atoms with Gasteiger partial charge in [0.05, 0.1) is 16.7 Å². The van der Waals surface area contributed by atoms with E-state index in [1.54, 1.807) is 91.0 Å². The van der Waals surface area contributed by atoms with Gasteiger partial charge in [-0.25, -0.2) is 14.4 Å². The quantitative estimate of drug-likeness (QED) is 0.408. The summed E-state index contributed by atoms with van der Waals surface area (Å²) in [5.74, 6) is -2.07. The molecule has 1 heterocycles. The lowest BCUT2D eigenvalue weighted by Gasteiger charge is -2.32. The third kappa shape index (κ3) is 5.40. The zero-order valence-electron chi connectivity index (χ0n) is 18.9. The molecule has 0 saturated carbocycles. The first kappa shape index (κ1) is 24.1. The minimum Gasteiger partial charge on any atom is -0.459 e. The maximum atomic E-state index is 12.8. The summed E-state index contributed by atoms with van der Waals surface area (Å²) in [4.78, 5) is 38.1. The van der Waals surface area contributed by atoms with Crippen molar-refractivity contribution in [3.8, 4) is 0 Å². The van der Waals surface area contributed by atoms with E-state index in [0.717, 1.165) is 0 Å². The van der Waals surface area contributed by atoms with Crippen LogP contribution in [0.1, 0.15) is 38.0 Å². The van der Waals surface area contributed by atoms with Crippen molar-refractivity contribution in [3.05, 3.63) is 108 Å². The molecular weight excluding hydrogens is 452 g/mol. The molecule has 0 radical (unpaired) electrons. The van der Waals surface area contributed by atoms with Crippen LogP contribution >= 0.6 is 0 Å². The predicted molar refractivity (Wildman–Crippen MR) is 124 cm³/mol. The van der Waals surface area contributed by atoms with E-state index in [9.17, 15) is 19.5 Å². The summed E-state index contributed by atoms with van der Waals surface area (Å²) in [7, 11) is 0. The van der Waals surface area contributed by atoms with E-state index in [-0.39, 0.29) is 17.7 Å². The molecule has 3 aromatic rings. The number of hydrogen-bond acceptors (Lipinski definition) is 8. The second-order valence-corrected chi connectivity index (χ2v) is 8.12. The van der Waals surface area contributed by atoms with Gasteiger partial charge in [-0.3, -0.25) is 0 Å². The average molecular weight is 476 g/mol. The highest BCUT2D eigenvalue weighted by Crippen LogP contribution is 2.37. The molecule has 8 heteroatoms. The van der Waals surface area contributed by atoms with Crippen LogP contribution in [0.15, 0.2) is 91.0 Å². The lowest BCUT2D eigenvalue weighted by atomic mass is 9.96. The van der Waals surface area contributed by atoms with Crippen molar-refractivity contribution in [2.45, 2.75) is 31.0 Å². The fraction of sp³-hybridized carbons (Fsp3) is 0.222. The van der Waals surface area contributed by atoms with Crippen molar-refractivity contribution < 1.29 is 38.4 Å². The molecule has 1 aliphatic heterocycles. The molecule has 0 amide bonds. The molecule has 1 N–H and O–H groups in total. The second-order valence-electron chi connectivity index (χ2n) is 8.12. The fourth-order valence-corrected chi connectivity index (χ4v) is 3.72. The van der Waals surface area contributed by atoms with Crippen LogP contribution in [-0.4, -0.2) is 53.7 Å². The van der Waals surface area contributed by atoms with Gasteiger partial charge in [-0.2, -0.15) is 0 Å². The van der Waals surface area contributed by atoms with Gasteiger partial charge in [0.25, 0.3) is 0 Å². The molecule has 1 fully saturated rings. The van der Waals surface area contributed by atoms with Crippen LogP contribution in [0.4, 0.5) is 0 Å². The van der Waals surface area contributed by atoms with Crippen molar-refractivity contribution in [3.63, 3.8) is 0 Å². The lowest BCUT2D eigenvalue weighted by molar-refractivity contribution is -0.172. The Morgan fingerprint density at radius 2 is 1.23 bits per heavy atom. The molecular formula is C27H24O8. The first-order valence-electron chi connectivity index (χ1n) is 11.0. The van der Waals surface area contributed by atoms with Gasteiger partial charge in [0.1, 0.15) is 12.7 Å². The normalized spacial score (nSPS) is 23.3. The summed E-state index contributed by atoms with van der Waals surface area (Å²) in [5, 5.41) is 10.7. The van der Waals surface area contributed by atoms with E-state index in [2.05, 4.69) is 0 Å². The van der Waals surface area contributed by atoms with Crippen LogP contribution in [-0.2, 0) is 18.9 Å². The molecule has 1 unspecified atom stereocenters. The monoisotopic (exact) mass is 476 g/mol. The smallest absolute Gasteiger partial charge is 0.338 e. The molecule has 4 atom stereocenters. The molecule has 3 aromatic carbocycles. The maximum absolute atomic E-state index is 12.8. The van der Waals surface area contributed by atoms with Crippen molar-refractivity contribution in [2.24, 2.45) is 0 Å². The molecule has 0 bridgehead atoms. The van der Waals surface area contributed by atoms with Gasteiger partial charge in [-0.1, -0.05) is 54.6 Å². The lowest BCUT2D eigenvalue weighted by Crippen LogP contribution is -2.52. The summed E-state index contributed by atoms with van der Waals surface area (Å²) in [6.07, 6.45) is -4.02. The third-order valence-corrected chi connectivity index (χ3v) is 5.65. The van der Waals surface area contributed by atoms with E-state index >= 15 is 0 Å². The Balaban J connectivity index is 1.56. The number of benzene rings is 3. The number of aliphatic hydroxyl groups excluding tert-OH is 1. The highest BCUT2D eigenvalue weighted by Gasteiger charge is 2.59. The van der Waals surface area contributed by atoms with E-state index in [4.69, 9.17) is 18.9 Å². The van der Waals surface area contributed by atoms with Crippen molar-refractivity contribution in [1.29, 1.82) is 0 Å². The molecule has 0 aliphatic carbocycles. The van der Waals surface area contributed by atoms with E-state index in [1.807, 2.05) is 0 Å². The Morgan fingerprint density at radius 1 is 0.771 bits per heavy atom. The van der Waals surface area contributed by atoms with Gasteiger partial charge in [-0.05, 0) is 43.3 Å². The van der Waals surface area contributed by atoms with Crippen molar-refractivity contribution in [1.82, 2.24) is 0 Å². The molecule has 0 spiro atoms. The number of carbonyl (C=O) groups excluding carboxylic acids is 3. The fourth-order valence-electron chi connectivity index (χ4n) is 3.72. The minimum absolute atomic E-state index is 0.244. The number of rotatable bonds is 7. The van der Waals surface area contributed by atoms with Crippen molar-refractivity contribution in [2.75, 3.05) is 6.61 Å². The topological polar surface area (TPSA) is 108 Å². The zero-order valence-corrected chi connectivity index (χ0v) is 18.9. The van der Waals surface area contributed by atoms with Crippen LogP contribution in [0, 0.1) is 0 Å². The Labute approximate surface area is 202 Å². The van der Waals surface area contributed by atoms with Crippen LogP contribution in [0.2, 0.25) is 0 Å². The molecule has 0 aromatic heterocycles. The Kier molecular flexibility index (Phi) is 7.24. The van der Waals surface area contributed by atoms with Gasteiger partial charge in [0, 0.05) is 0 Å². The standard InChI is InChI=1S/C27H24O8/c1-27(35-25(30)20-15-9-4-10-16-20)22(34-24(29)19-13-7-3-8-14-19)21(33-26(27)31)17-32-23(28)18-11-5-2-6-12-18/h2-16,21-22,26,31H,17H2,1H3/t21-,22-,26?,27+/m1/s1. The number of hydrogen-bond donors (Lipinski definition) is 1. The maximum Gasteiger partial charge on any atom is 0.338 e. The summed E-state index contributed by atoms with van der Waals surface area (Å²) >= 11 is 0. The Bertz CT molecular complexity index is 1170. The summed E-state index contributed by atoms with van der Waals surface area (Å²) < 4.78 is 22.2. The van der Waals surface area contributed by atoms with Gasteiger partial charge >= 0.3 is 17.9 Å². The van der Waals surface area contributed by atoms with Crippen LogP contribution in [0.5, 0.6) is 0 Å². The first-order valence-corrected chi connectivity index (χ1v) is 11.0. The second kappa shape index (κ2) is 10.5. The molecule has 4 rings (SSSR count). The Morgan fingerprint density at radius 3 is 1.74 bits per heavy atom. The van der Waals surface area contributed by atoms with Gasteiger partial charge < -0.3 is 24.1 Å². The predicted octanol–water partition coefficient (Wildman–Crippen LogP) is 3.40. The first-order chi connectivity index (χ1) is 16.9. The summed E-state index contributed by atoms with van der Waals surface area (Å²) in [5.41, 5.74) is -0.956. The van der Waals surface area contributed by atoms with Gasteiger partial charge in [-0.15, -0.1) is 0 Å². The number of ether oxygens (including phenoxy) is 4. The molecule has 1 aliphatic rings. The number of aliphatic hydroxyl groups is 1. The van der Waals surface area contributed by atoms with E-state index in [0.29, 0.717) is 5.56 Å². The zero-order chi connectivity index (χ0) is 24.8. The van der Waals surface area contributed by atoms with Crippen LogP contribution in [0.3, 0.4) is 0 Å². The molecule has 180 valence electrons. The molecule has 8 nitrogen and oxygen atoms in total. The van der Waals surface area contributed by atoms with Gasteiger partial charge in [0.15, 0.2) is 18.0 Å². The average Bonchev–Trinajstić information content (AvgIpc) is 3.12. The molecule has 35 heavy (non-hydrogen) atoms. The third-order valence-electron chi connectivity index (χ3n) is 5.65. The largest absolute Gasteiger partial charge is 0.459 e. The molecule has 1 saturated heterocycles. The minimum atomic E-state index is -1.78. The van der Waals surface area contributed by atoms with Crippen LogP contribution < -0.4 is 0 Å². The Hall–Kier alpha value is -4.01. The van der Waals surface area contributed by atoms with Crippen molar-refractivity contribution >= 4 is 17.9 Å². The van der Waals surface area contributed by atoms with Crippen LogP contribution in [0.25, 0.3) is 0 Å². The van der Waals surface area contributed by atoms with Gasteiger partial charge in [0.2, 0.25) is 0 Å². The summed E-state index contributed by atoms with van der Waals surface area (Å²) in [6, 6.07) is 24.7. The number of carbonyl (C=O) groups is 3. The van der Waals surface area contributed by atoms with E-state index in [1.165, 1.54) is 6.92 Å². The SMILES string of the molecule is C[C@@]1(OC(=O)c2ccccc2)C(O)O[C@H](COC(=O)c2ccccc2)[C@H]1OC(=O)c1ccccc1.